The van der Waals surface area contributed by atoms with Crippen molar-refractivity contribution < 1.29 is 26.0 Å². The van der Waals surface area contributed by atoms with E-state index in [2.05, 4.69) is 0 Å². The van der Waals surface area contributed by atoms with Crippen LogP contribution in [0.2, 0.25) is 0 Å². The first-order valence-electron chi connectivity index (χ1n) is 7.00. The highest BCUT2D eigenvalue weighted by Crippen LogP contribution is 2.40. The molecule has 1 aromatic rings. The van der Waals surface area contributed by atoms with Crippen molar-refractivity contribution in [1.82, 2.24) is 0 Å². The first-order valence-corrected chi connectivity index (χ1v) is 8.61. The van der Waals surface area contributed by atoms with Crippen LogP contribution in [0.3, 0.4) is 0 Å². The quantitative estimate of drug-likeness (QED) is 0.728. The molecule has 120 valence electrons. The summed E-state index contributed by atoms with van der Waals surface area (Å²) in [6, 6.07) is 2.78. The van der Waals surface area contributed by atoms with Crippen LogP contribution in [0.1, 0.15) is 36.8 Å². The van der Waals surface area contributed by atoms with Crippen molar-refractivity contribution in [2.45, 2.75) is 42.4 Å². The molecular formula is C15H14F4O2S. The molecule has 3 rings (SSSR count). The number of hydrogen-bond acceptors (Lipinski definition) is 2. The Bertz CT molecular complexity index is 734. The SMILES string of the molecule is O=S1(=O)C2C=C(c3ccc(C(F)(F)F)c(F)c3)CC1CCC2. The largest absolute Gasteiger partial charge is 0.419 e. The first-order chi connectivity index (χ1) is 10.2. The molecule has 0 spiro atoms. The van der Waals surface area contributed by atoms with Crippen molar-refractivity contribution in [3.8, 4) is 0 Å². The number of hydrogen-bond donors (Lipinski definition) is 0. The number of rotatable bonds is 1. The zero-order valence-corrected chi connectivity index (χ0v) is 12.3. The van der Waals surface area contributed by atoms with Crippen molar-refractivity contribution in [3.05, 3.63) is 41.2 Å². The van der Waals surface area contributed by atoms with E-state index in [0.29, 0.717) is 30.0 Å². The highest BCUT2D eigenvalue weighted by Gasteiger charge is 2.41. The molecule has 0 radical (unpaired) electrons. The molecule has 7 heteroatoms. The third-order valence-corrected chi connectivity index (χ3v) is 6.93. The topological polar surface area (TPSA) is 34.1 Å². The molecule has 1 saturated heterocycles. The molecule has 0 N–H and O–H groups in total. The molecule has 2 bridgehead atoms. The van der Waals surface area contributed by atoms with Gasteiger partial charge in [0.1, 0.15) is 5.82 Å². The summed E-state index contributed by atoms with van der Waals surface area (Å²) in [6.07, 6.45) is -1.02. The Morgan fingerprint density at radius 2 is 1.86 bits per heavy atom. The maximum absolute atomic E-state index is 13.7. The van der Waals surface area contributed by atoms with E-state index in [0.717, 1.165) is 12.5 Å². The van der Waals surface area contributed by atoms with Gasteiger partial charge in [0, 0.05) is 0 Å². The highest BCUT2D eigenvalue weighted by atomic mass is 32.2. The van der Waals surface area contributed by atoms with Gasteiger partial charge in [0.05, 0.1) is 16.1 Å². The molecule has 0 aromatic heterocycles. The summed E-state index contributed by atoms with van der Waals surface area (Å²) in [5.41, 5.74) is -0.352. The molecule has 0 aliphatic carbocycles. The van der Waals surface area contributed by atoms with E-state index in [9.17, 15) is 26.0 Å². The zero-order chi connectivity index (χ0) is 16.1. The van der Waals surface area contributed by atoms with Gasteiger partial charge in [0.25, 0.3) is 0 Å². The summed E-state index contributed by atoms with van der Waals surface area (Å²) in [7, 11) is -3.20. The molecule has 2 unspecified atom stereocenters. The molecule has 22 heavy (non-hydrogen) atoms. The van der Waals surface area contributed by atoms with E-state index in [1.807, 2.05) is 0 Å². The minimum Gasteiger partial charge on any atom is -0.228 e. The molecular weight excluding hydrogens is 320 g/mol. The van der Waals surface area contributed by atoms with E-state index >= 15 is 0 Å². The zero-order valence-electron chi connectivity index (χ0n) is 11.5. The van der Waals surface area contributed by atoms with Crippen molar-refractivity contribution in [2.75, 3.05) is 0 Å². The lowest BCUT2D eigenvalue weighted by molar-refractivity contribution is -0.140. The summed E-state index contributed by atoms with van der Waals surface area (Å²) in [5.74, 6) is -1.33. The van der Waals surface area contributed by atoms with Crippen LogP contribution in [0, 0.1) is 5.82 Å². The van der Waals surface area contributed by atoms with Gasteiger partial charge in [-0.05, 0) is 42.5 Å². The maximum atomic E-state index is 13.7. The number of benzene rings is 1. The lowest BCUT2D eigenvalue weighted by atomic mass is 9.92. The van der Waals surface area contributed by atoms with E-state index in [1.165, 1.54) is 6.07 Å². The summed E-state index contributed by atoms with van der Waals surface area (Å²) < 4.78 is 75.7. The standard InChI is InChI=1S/C15H14F4O2S/c16-14-8-9(4-5-13(14)15(17,18)19)10-6-11-2-1-3-12(7-10)22(11,20)21/h4-6,8,11-12H,1-3,7H2. The Morgan fingerprint density at radius 1 is 1.14 bits per heavy atom. The second kappa shape index (κ2) is 5.08. The maximum Gasteiger partial charge on any atom is 0.419 e. The van der Waals surface area contributed by atoms with Crippen LogP contribution in [-0.4, -0.2) is 18.9 Å². The van der Waals surface area contributed by atoms with Crippen molar-refractivity contribution >= 4 is 15.4 Å². The fourth-order valence-corrected chi connectivity index (χ4v) is 5.47. The summed E-state index contributed by atoms with van der Waals surface area (Å²) in [6.45, 7) is 0. The van der Waals surface area contributed by atoms with E-state index in [4.69, 9.17) is 0 Å². The van der Waals surface area contributed by atoms with E-state index < -0.39 is 37.9 Å². The fourth-order valence-electron chi connectivity index (χ4n) is 3.22. The van der Waals surface area contributed by atoms with Gasteiger partial charge < -0.3 is 0 Å². The minimum absolute atomic E-state index is 0.240. The summed E-state index contributed by atoms with van der Waals surface area (Å²) in [4.78, 5) is 0. The van der Waals surface area contributed by atoms with E-state index in [-0.39, 0.29) is 6.42 Å². The first kappa shape index (κ1) is 15.5. The van der Waals surface area contributed by atoms with Gasteiger partial charge in [-0.1, -0.05) is 18.6 Å². The summed E-state index contributed by atoms with van der Waals surface area (Å²) >= 11 is 0. The smallest absolute Gasteiger partial charge is 0.228 e. The van der Waals surface area contributed by atoms with Gasteiger partial charge in [0.2, 0.25) is 0 Å². The molecule has 0 saturated carbocycles. The number of sulfone groups is 1. The Morgan fingerprint density at radius 3 is 2.45 bits per heavy atom. The van der Waals surface area contributed by atoms with Gasteiger partial charge in [-0.25, -0.2) is 12.8 Å². The van der Waals surface area contributed by atoms with Gasteiger partial charge in [-0.15, -0.1) is 0 Å². The van der Waals surface area contributed by atoms with Gasteiger partial charge in [-0.3, -0.25) is 0 Å². The molecule has 0 amide bonds. The lowest BCUT2D eigenvalue weighted by Gasteiger charge is -2.33. The monoisotopic (exact) mass is 334 g/mol. The van der Waals surface area contributed by atoms with Gasteiger partial charge in [0.15, 0.2) is 9.84 Å². The Kier molecular flexibility index (Phi) is 3.58. The second-order valence-corrected chi connectivity index (χ2v) is 8.22. The average Bonchev–Trinajstić information content (AvgIpc) is 2.35. The predicted molar refractivity (Wildman–Crippen MR) is 74.3 cm³/mol. The number of alkyl halides is 3. The fraction of sp³-hybridized carbons (Fsp3) is 0.467. The lowest BCUT2D eigenvalue weighted by Crippen LogP contribution is -2.38. The van der Waals surface area contributed by atoms with Crippen LogP contribution in [0.25, 0.3) is 5.57 Å². The number of halogens is 4. The Hall–Kier alpha value is -1.37. The van der Waals surface area contributed by atoms with Crippen LogP contribution < -0.4 is 0 Å². The van der Waals surface area contributed by atoms with Crippen LogP contribution in [0.4, 0.5) is 17.6 Å². The third-order valence-electron chi connectivity index (χ3n) is 4.38. The molecule has 1 fully saturated rings. The molecule has 1 aromatic carbocycles. The third kappa shape index (κ3) is 2.55. The van der Waals surface area contributed by atoms with Crippen molar-refractivity contribution in [3.63, 3.8) is 0 Å². The van der Waals surface area contributed by atoms with Crippen LogP contribution in [0.15, 0.2) is 24.3 Å². The van der Waals surface area contributed by atoms with Gasteiger partial charge in [-0.2, -0.15) is 13.2 Å². The van der Waals surface area contributed by atoms with Crippen LogP contribution in [0.5, 0.6) is 0 Å². The Balaban J connectivity index is 1.99. The average molecular weight is 334 g/mol. The minimum atomic E-state index is -4.73. The molecule has 2 atom stereocenters. The number of allylic oxidation sites excluding steroid dienone is 1. The van der Waals surface area contributed by atoms with Gasteiger partial charge >= 0.3 is 6.18 Å². The highest BCUT2D eigenvalue weighted by molar-refractivity contribution is 7.93. The molecule has 2 nitrogen and oxygen atoms in total. The van der Waals surface area contributed by atoms with E-state index in [1.54, 1.807) is 6.08 Å². The molecule has 2 aliphatic heterocycles. The van der Waals surface area contributed by atoms with Crippen LogP contribution in [-0.2, 0) is 16.0 Å². The predicted octanol–water partition coefficient (Wildman–Crippen LogP) is 3.97. The van der Waals surface area contributed by atoms with Crippen LogP contribution >= 0.6 is 0 Å². The Labute approximate surface area is 125 Å². The molecule has 2 heterocycles. The number of fused-ring (bicyclic) bond motifs is 2. The van der Waals surface area contributed by atoms with Crippen molar-refractivity contribution in [2.24, 2.45) is 0 Å². The van der Waals surface area contributed by atoms with Crippen molar-refractivity contribution in [1.29, 1.82) is 0 Å². The second-order valence-electron chi connectivity index (χ2n) is 5.77. The molecule has 2 aliphatic rings. The summed E-state index contributed by atoms with van der Waals surface area (Å²) in [5, 5.41) is -1.10. The normalized spacial score (nSPS) is 27.4.